The fourth-order valence-corrected chi connectivity index (χ4v) is 2.92. The van der Waals surface area contributed by atoms with Gasteiger partial charge in [0.2, 0.25) is 0 Å². The van der Waals surface area contributed by atoms with Crippen LogP contribution in [0.4, 0.5) is 0 Å². The van der Waals surface area contributed by atoms with Crippen molar-refractivity contribution in [1.82, 2.24) is 0 Å². The normalized spacial score (nSPS) is 10.5. The zero-order chi connectivity index (χ0) is 18.5. The summed E-state index contributed by atoms with van der Waals surface area (Å²) < 4.78 is 5.97. The molecule has 0 aliphatic carbocycles. The molecule has 132 valence electrons. The number of hydrogen-bond acceptors (Lipinski definition) is 3. The van der Waals surface area contributed by atoms with Crippen molar-refractivity contribution in [3.8, 4) is 22.6 Å². The molecular weight excluding hydrogens is 328 g/mol. The lowest BCUT2D eigenvalue weighted by Crippen LogP contribution is -2.01. The summed E-state index contributed by atoms with van der Waals surface area (Å²) in [5, 5.41) is 18.8. The Bertz CT molecular complexity index is 931. The van der Waals surface area contributed by atoms with Crippen LogP contribution < -0.4 is 4.74 Å². The molecule has 3 aromatic carbocycles. The number of benzene rings is 3. The van der Waals surface area contributed by atoms with Gasteiger partial charge >= 0.3 is 5.97 Å². The van der Waals surface area contributed by atoms with E-state index in [0.29, 0.717) is 5.56 Å². The van der Waals surface area contributed by atoms with E-state index in [1.807, 2.05) is 36.4 Å². The molecule has 0 heterocycles. The maximum Gasteiger partial charge on any atom is 0.339 e. The first-order valence-corrected chi connectivity index (χ1v) is 8.45. The van der Waals surface area contributed by atoms with Gasteiger partial charge in [0.15, 0.2) is 0 Å². The molecule has 3 rings (SSSR count). The molecule has 2 N–H and O–H groups in total. The van der Waals surface area contributed by atoms with Gasteiger partial charge in [0.25, 0.3) is 0 Å². The molecule has 0 amide bonds. The Balaban J connectivity index is 1.86. The van der Waals surface area contributed by atoms with E-state index in [1.165, 1.54) is 17.7 Å². The van der Waals surface area contributed by atoms with E-state index < -0.39 is 5.97 Å². The Kier molecular flexibility index (Phi) is 5.23. The number of carboxylic acid groups (broad SMARTS) is 1. The highest BCUT2D eigenvalue weighted by molar-refractivity contribution is 5.90. The van der Waals surface area contributed by atoms with Gasteiger partial charge in [-0.15, -0.1) is 0 Å². The minimum Gasteiger partial charge on any atom is -0.507 e. The highest BCUT2D eigenvalue weighted by atomic mass is 16.5. The third-order valence-electron chi connectivity index (χ3n) is 4.26. The zero-order valence-electron chi connectivity index (χ0n) is 14.5. The topological polar surface area (TPSA) is 66.8 Å². The number of ether oxygens (including phenoxy) is 1. The van der Waals surface area contributed by atoms with Crippen molar-refractivity contribution in [2.45, 2.75) is 20.0 Å². The van der Waals surface area contributed by atoms with Crippen molar-refractivity contribution in [3.05, 3.63) is 83.4 Å². The van der Waals surface area contributed by atoms with Crippen LogP contribution in [0.1, 0.15) is 28.4 Å². The molecule has 0 spiro atoms. The first-order chi connectivity index (χ1) is 12.6. The molecule has 0 aromatic heterocycles. The quantitative estimate of drug-likeness (QED) is 0.665. The first-order valence-electron chi connectivity index (χ1n) is 8.45. The van der Waals surface area contributed by atoms with Crippen LogP contribution in [0.5, 0.6) is 11.5 Å². The largest absolute Gasteiger partial charge is 0.507 e. The average molecular weight is 348 g/mol. The van der Waals surface area contributed by atoms with Crippen LogP contribution in [0.15, 0.2) is 66.7 Å². The number of para-hydroxylation sites is 1. The van der Waals surface area contributed by atoms with E-state index in [1.54, 1.807) is 6.07 Å². The summed E-state index contributed by atoms with van der Waals surface area (Å²) in [5.41, 5.74) is 3.97. The van der Waals surface area contributed by atoms with Crippen molar-refractivity contribution in [2.24, 2.45) is 0 Å². The number of carbonyl (C=O) groups is 1. The van der Waals surface area contributed by atoms with Gasteiger partial charge in [-0.25, -0.2) is 4.79 Å². The van der Waals surface area contributed by atoms with E-state index in [9.17, 15) is 9.90 Å². The van der Waals surface area contributed by atoms with Crippen molar-refractivity contribution >= 4 is 5.97 Å². The van der Waals surface area contributed by atoms with E-state index in [4.69, 9.17) is 9.84 Å². The molecule has 0 aliphatic rings. The van der Waals surface area contributed by atoms with Gasteiger partial charge in [-0.05, 0) is 41.3 Å². The number of aromatic hydroxyl groups is 1. The third kappa shape index (κ3) is 3.70. The van der Waals surface area contributed by atoms with Crippen LogP contribution in [0.25, 0.3) is 11.1 Å². The highest BCUT2D eigenvalue weighted by Gasteiger charge is 2.12. The average Bonchev–Trinajstić information content (AvgIpc) is 2.66. The van der Waals surface area contributed by atoms with Crippen LogP contribution in [-0.2, 0) is 13.0 Å². The highest BCUT2D eigenvalue weighted by Crippen LogP contribution is 2.33. The van der Waals surface area contributed by atoms with Gasteiger partial charge in [-0.2, -0.15) is 0 Å². The second kappa shape index (κ2) is 7.74. The molecule has 4 nitrogen and oxygen atoms in total. The molecule has 0 bridgehead atoms. The fourth-order valence-electron chi connectivity index (χ4n) is 2.92. The lowest BCUT2D eigenvalue weighted by atomic mass is 9.97. The number of rotatable bonds is 6. The summed E-state index contributed by atoms with van der Waals surface area (Å²) in [6.07, 6.45) is 0.926. The molecule has 0 saturated heterocycles. The summed E-state index contributed by atoms with van der Waals surface area (Å²) in [6, 6.07) is 20.5. The van der Waals surface area contributed by atoms with Gasteiger partial charge in [0.1, 0.15) is 23.7 Å². The van der Waals surface area contributed by atoms with Crippen molar-refractivity contribution < 1.29 is 19.7 Å². The lowest BCUT2D eigenvalue weighted by molar-refractivity contribution is 0.0693. The first kappa shape index (κ1) is 17.5. The smallest absolute Gasteiger partial charge is 0.339 e. The fraction of sp³-hybridized carbons (Fsp3) is 0.136. The molecule has 3 aromatic rings. The molecule has 0 saturated carbocycles. The standard InChI is InChI=1S/C22H20O4/c1-2-16-7-3-4-8-17(16)18-9-5-6-10-21(18)26-14-15-11-12-19(22(24)25)20(23)13-15/h3-13,23H,2,14H2,1H3,(H,24,25). The molecule has 0 aliphatic heterocycles. The van der Waals surface area contributed by atoms with Crippen molar-refractivity contribution in [3.63, 3.8) is 0 Å². The van der Waals surface area contributed by atoms with Gasteiger partial charge < -0.3 is 14.9 Å². The maximum atomic E-state index is 11.0. The van der Waals surface area contributed by atoms with Crippen LogP contribution in [0, 0.1) is 0 Å². The Morgan fingerprint density at radius 2 is 1.65 bits per heavy atom. The molecule has 0 atom stereocenters. The van der Waals surface area contributed by atoms with Crippen LogP contribution >= 0.6 is 0 Å². The van der Waals surface area contributed by atoms with E-state index in [0.717, 1.165) is 23.3 Å². The third-order valence-corrected chi connectivity index (χ3v) is 4.26. The SMILES string of the molecule is CCc1ccccc1-c1ccccc1OCc1ccc(C(=O)O)c(O)c1. The minimum absolute atomic E-state index is 0.119. The number of phenols is 1. The molecule has 0 unspecified atom stereocenters. The van der Waals surface area contributed by atoms with Gasteiger partial charge in [0, 0.05) is 5.56 Å². The van der Waals surface area contributed by atoms with Crippen LogP contribution in [0.2, 0.25) is 0 Å². The number of aryl methyl sites for hydroxylation is 1. The predicted molar refractivity (Wildman–Crippen MR) is 101 cm³/mol. The number of aromatic carboxylic acids is 1. The van der Waals surface area contributed by atoms with Crippen molar-refractivity contribution in [2.75, 3.05) is 0 Å². The summed E-state index contributed by atoms with van der Waals surface area (Å²) >= 11 is 0. The Morgan fingerprint density at radius 3 is 2.35 bits per heavy atom. The molecule has 4 heteroatoms. The minimum atomic E-state index is -1.16. The van der Waals surface area contributed by atoms with Crippen LogP contribution in [-0.4, -0.2) is 16.2 Å². The summed E-state index contributed by atoms with van der Waals surface area (Å²) in [4.78, 5) is 11.0. The summed E-state index contributed by atoms with van der Waals surface area (Å²) in [7, 11) is 0. The van der Waals surface area contributed by atoms with Gasteiger partial charge in [0.05, 0.1) is 0 Å². The van der Waals surface area contributed by atoms with Gasteiger partial charge in [-0.3, -0.25) is 0 Å². The van der Waals surface area contributed by atoms with E-state index >= 15 is 0 Å². The summed E-state index contributed by atoms with van der Waals surface area (Å²) in [5.74, 6) is -0.671. The summed E-state index contributed by atoms with van der Waals surface area (Å²) in [6.45, 7) is 2.36. The maximum absolute atomic E-state index is 11.0. The molecular formula is C22H20O4. The Hall–Kier alpha value is -3.27. The number of carboxylic acids is 1. The number of hydrogen-bond donors (Lipinski definition) is 2. The molecule has 26 heavy (non-hydrogen) atoms. The molecule has 0 radical (unpaired) electrons. The lowest BCUT2D eigenvalue weighted by Gasteiger charge is -2.14. The second-order valence-corrected chi connectivity index (χ2v) is 5.95. The second-order valence-electron chi connectivity index (χ2n) is 5.95. The Morgan fingerprint density at radius 1 is 0.962 bits per heavy atom. The van der Waals surface area contributed by atoms with Gasteiger partial charge in [-0.1, -0.05) is 55.5 Å². The predicted octanol–water partition coefficient (Wildman–Crippen LogP) is 4.90. The van der Waals surface area contributed by atoms with Crippen LogP contribution in [0.3, 0.4) is 0 Å². The molecule has 0 fully saturated rings. The Labute approximate surface area is 152 Å². The van der Waals surface area contributed by atoms with Crippen molar-refractivity contribution in [1.29, 1.82) is 0 Å². The monoisotopic (exact) mass is 348 g/mol. The van der Waals surface area contributed by atoms with E-state index in [2.05, 4.69) is 19.1 Å². The zero-order valence-corrected chi connectivity index (χ0v) is 14.5. The van der Waals surface area contributed by atoms with E-state index in [-0.39, 0.29) is 17.9 Å².